The summed E-state index contributed by atoms with van der Waals surface area (Å²) in [6.45, 7) is 10.7. The lowest BCUT2D eigenvalue weighted by atomic mass is 10.0. The summed E-state index contributed by atoms with van der Waals surface area (Å²) >= 11 is 0. The topological polar surface area (TPSA) is 113 Å². The van der Waals surface area contributed by atoms with Crippen molar-refractivity contribution in [1.29, 1.82) is 0 Å². The molecule has 0 radical (unpaired) electrons. The fourth-order valence-corrected chi connectivity index (χ4v) is 5.21. The van der Waals surface area contributed by atoms with E-state index in [1.807, 2.05) is 13.8 Å². The number of amides is 3. The maximum absolute atomic E-state index is 14.2. The molecular weight excluding hydrogens is 548 g/mol. The summed E-state index contributed by atoms with van der Waals surface area (Å²) < 4.78 is 17.9. The van der Waals surface area contributed by atoms with Crippen LogP contribution in [0.4, 0.5) is 16.2 Å². The average Bonchev–Trinajstić information content (AvgIpc) is 2.99. The van der Waals surface area contributed by atoms with Crippen molar-refractivity contribution in [3.8, 4) is 11.5 Å². The Labute approximate surface area is 256 Å². The Bertz CT molecular complexity index is 1160. The standard InChI is InChI=1S/C33H50N4O6/c1-7-17-36(5)21-31-23(2)20-37(24(3)22-38)32(39)29-19-27(13-16-30(29)43-25(4)10-8-9-18-42-31)35-33(40)34-26-11-14-28(41-6)15-12-26/h11-16,19,23-25,31,38H,7-10,17-18,20-22H2,1-6H3,(H2,34,35,40)/t23-,24+,25+,31-/m0/s1. The Kier molecular flexibility index (Phi) is 13.6. The molecule has 0 spiro atoms. The van der Waals surface area contributed by atoms with Gasteiger partial charge in [-0.25, -0.2) is 4.79 Å². The number of hydrogen-bond acceptors (Lipinski definition) is 7. The SMILES string of the molecule is CCCN(C)C[C@@H]1OCCCC[C@@H](C)Oc2ccc(NC(=O)Nc3ccc(OC)cc3)cc2C(=O)N([C@H](C)CO)C[C@@H]1C. The third kappa shape index (κ3) is 10.4. The summed E-state index contributed by atoms with van der Waals surface area (Å²) in [6, 6.07) is 11.2. The Hall–Kier alpha value is -3.34. The Balaban J connectivity index is 1.90. The highest BCUT2D eigenvalue weighted by Gasteiger charge is 2.30. The number of aliphatic hydroxyl groups excluding tert-OH is 1. The van der Waals surface area contributed by atoms with Gasteiger partial charge in [0.1, 0.15) is 11.5 Å². The number of nitrogens with zero attached hydrogens (tertiary/aromatic N) is 2. The van der Waals surface area contributed by atoms with Gasteiger partial charge in [-0.05, 0) is 95.6 Å². The fraction of sp³-hybridized carbons (Fsp3) is 0.576. The van der Waals surface area contributed by atoms with Gasteiger partial charge in [0.25, 0.3) is 5.91 Å². The molecule has 0 unspecified atom stereocenters. The van der Waals surface area contributed by atoms with E-state index in [1.54, 1.807) is 54.5 Å². The molecule has 3 N–H and O–H groups in total. The highest BCUT2D eigenvalue weighted by atomic mass is 16.5. The maximum Gasteiger partial charge on any atom is 0.323 e. The molecule has 0 aliphatic carbocycles. The molecule has 43 heavy (non-hydrogen) atoms. The van der Waals surface area contributed by atoms with Crippen LogP contribution in [0.25, 0.3) is 0 Å². The van der Waals surface area contributed by atoms with Gasteiger partial charge < -0.3 is 39.8 Å². The molecule has 3 rings (SSSR count). The molecule has 238 valence electrons. The lowest BCUT2D eigenvalue weighted by molar-refractivity contribution is -0.0167. The van der Waals surface area contributed by atoms with E-state index < -0.39 is 12.1 Å². The highest BCUT2D eigenvalue weighted by molar-refractivity contribution is 6.02. The van der Waals surface area contributed by atoms with E-state index >= 15 is 0 Å². The van der Waals surface area contributed by atoms with E-state index in [0.717, 1.165) is 38.8 Å². The van der Waals surface area contributed by atoms with Crippen LogP contribution in [0.2, 0.25) is 0 Å². The zero-order valence-corrected chi connectivity index (χ0v) is 26.6. The molecule has 1 aliphatic heterocycles. The molecule has 1 aliphatic rings. The lowest BCUT2D eigenvalue weighted by Gasteiger charge is -2.35. The number of nitrogens with one attached hydrogen (secondary N) is 2. The normalized spacial score (nSPS) is 20.9. The van der Waals surface area contributed by atoms with Crippen molar-refractivity contribution >= 4 is 23.3 Å². The minimum Gasteiger partial charge on any atom is -0.497 e. The van der Waals surface area contributed by atoms with Gasteiger partial charge in [0, 0.05) is 37.0 Å². The smallest absolute Gasteiger partial charge is 0.323 e. The fourth-order valence-electron chi connectivity index (χ4n) is 5.21. The number of carbonyl (C=O) groups is 2. The van der Waals surface area contributed by atoms with Crippen molar-refractivity contribution in [2.45, 2.75) is 71.6 Å². The third-order valence-corrected chi connectivity index (χ3v) is 7.75. The van der Waals surface area contributed by atoms with E-state index in [-0.39, 0.29) is 30.6 Å². The average molecular weight is 599 g/mol. The van der Waals surface area contributed by atoms with Gasteiger partial charge in [0.2, 0.25) is 0 Å². The molecule has 0 saturated carbocycles. The lowest BCUT2D eigenvalue weighted by Crippen LogP contribution is -2.47. The molecule has 0 bridgehead atoms. The van der Waals surface area contributed by atoms with E-state index in [9.17, 15) is 14.7 Å². The molecule has 4 atom stereocenters. The van der Waals surface area contributed by atoms with Gasteiger partial charge in [-0.2, -0.15) is 0 Å². The first-order chi connectivity index (χ1) is 20.6. The molecule has 10 heteroatoms. The molecule has 3 amide bonds. The number of likely N-dealkylation sites (N-methyl/N-ethyl adjacent to an activating group) is 1. The van der Waals surface area contributed by atoms with Crippen LogP contribution in [-0.2, 0) is 4.74 Å². The van der Waals surface area contributed by atoms with Crippen molar-refractivity contribution < 1.29 is 28.9 Å². The van der Waals surface area contributed by atoms with Gasteiger partial charge in [0.15, 0.2) is 0 Å². The Morgan fingerprint density at radius 2 is 1.84 bits per heavy atom. The number of ether oxygens (including phenoxy) is 3. The van der Waals surface area contributed by atoms with Gasteiger partial charge in [-0.15, -0.1) is 0 Å². The second kappa shape index (κ2) is 17.1. The van der Waals surface area contributed by atoms with Crippen LogP contribution in [0.3, 0.4) is 0 Å². The molecular formula is C33H50N4O6. The van der Waals surface area contributed by atoms with Crippen LogP contribution in [-0.4, -0.2) is 92.1 Å². The first-order valence-corrected chi connectivity index (χ1v) is 15.4. The van der Waals surface area contributed by atoms with Crippen LogP contribution >= 0.6 is 0 Å². The van der Waals surface area contributed by atoms with Crippen molar-refractivity contribution in [3.05, 3.63) is 48.0 Å². The second-order valence-electron chi connectivity index (χ2n) is 11.6. The van der Waals surface area contributed by atoms with Gasteiger partial charge in [0.05, 0.1) is 37.5 Å². The van der Waals surface area contributed by atoms with Crippen molar-refractivity contribution in [2.75, 3.05) is 57.6 Å². The van der Waals surface area contributed by atoms with Crippen molar-refractivity contribution in [3.63, 3.8) is 0 Å². The number of carbonyl (C=O) groups excluding carboxylic acids is 2. The predicted octanol–water partition coefficient (Wildman–Crippen LogP) is 5.48. The van der Waals surface area contributed by atoms with E-state index in [0.29, 0.717) is 41.6 Å². The van der Waals surface area contributed by atoms with Crippen LogP contribution in [0, 0.1) is 5.92 Å². The molecule has 0 fully saturated rings. The van der Waals surface area contributed by atoms with Crippen LogP contribution in [0.1, 0.15) is 63.7 Å². The summed E-state index contributed by atoms with van der Waals surface area (Å²) in [5.74, 6) is 0.883. The van der Waals surface area contributed by atoms with Gasteiger partial charge in [-0.3, -0.25) is 4.79 Å². The van der Waals surface area contributed by atoms with E-state index in [1.165, 1.54) is 0 Å². The summed E-state index contributed by atoms with van der Waals surface area (Å²) in [4.78, 5) is 31.0. The minimum atomic E-state index is -0.446. The number of urea groups is 1. The minimum absolute atomic E-state index is 0.0140. The van der Waals surface area contributed by atoms with Crippen LogP contribution in [0.5, 0.6) is 11.5 Å². The summed E-state index contributed by atoms with van der Waals surface area (Å²) in [5, 5.41) is 15.8. The van der Waals surface area contributed by atoms with Crippen molar-refractivity contribution in [2.24, 2.45) is 5.92 Å². The summed E-state index contributed by atoms with van der Waals surface area (Å²) in [7, 11) is 3.68. The Morgan fingerprint density at radius 1 is 1.14 bits per heavy atom. The number of anilines is 2. The molecule has 2 aromatic carbocycles. The molecule has 10 nitrogen and oxygen atoms in total. The Morgan fingerprint density at radius 3 is 2.51 bits per heavy atom. The number of benzene rings is 2. The molecule has 2 aromatic rings. The number of aliphatic hydroxyl groups is 1. The summed E-state index contributed by atoms with van der Waals surface area (Å²) in [5.41, 5.74) is 1.38. The van der Waals surface area contributed by atoms with Gasteiger partial charge >= 0.3 is 6.03 Å². The molecule has 1 heterocycles. The van der Waals surface area contributed by atoms with E-state index in [4.69, 9.17) is 14.2 Å². The van der Waals surface area contributed by atoms with Crippen LogP contribution in [0.15, 0.2) is 42.5 Å². The molecule has 0 saturated heterocycles. The number of fused-ring (bicyclic) bond motifs is 1. The largest absolute Gasteiger partial charge is 0.497 e. The van der Waals surface area contributed by atoms with Crippen LogP contribution < -0.4 is 20.1 Å². The van der Waals surface area contributed by atoms with E-state index in [2.05, 4.69) is 36.4 Å². The van der Waals surface area contributed by atoms with Gasteiger partial charge in [-0.1, -0.05) is 13.8 Å². The highest BCUT2D eigenvalue weighted by Crippen LogP contribution is 2.29. The number of hydrogen-bond donors (Lipinski definition) is 3. The first-order valence-electron chi connectivity index (χ1n) is 15.4. The molecule has 0 aromatic heterocycles. The quantitative estimate of drug-likeness (QED) is 0.351. The third-order valence-electron chi connectivity index (χ3n) is 7.75. The monoisotopic (exact) mass is 598 g/mol. The zero-order valence-electron chi connectivity index (χ0n) is 26.6. The zero-order chi connectivity index (χ0) is 31.4. The first kappa shape index (κ1) is 34.2. The maximum atomic E-state index is 14.2. The number of methoxy groups -OCH3 is 1. The van der Waals surface area contributed by atoms with Crippen molar-refractivity contribution in [1.82, 2.24) is 9.80 Å². The second-order valence-corrected chi connectivity index (χ2v) is 11.6. The summed E-state index contributed by atoms with van der Waals surface area (Å²) in [6.07, 6.45) is 3.53. The number of rotatable bonds is 9. The predicted molar refractivity (Wildman–Crippen MR) is 170 cm³/mol.